The van der Waals surface area contributed by atoms with Crippen molar-refractivity contribution in [1.82, 2.24) is 0 Å². The summed E-state index contributed by atoms with van der Waals surface area (Å²) in [7, 11) is 0. The Morgan fingerprint density at radius 2 is 0.704 bits per heavy atom. The van der Waals surface area contributed by atoms with Gasteiger partial charge in [0, 0.05) is 0 Å². The van der Waals surface area contributed by atoms with Gasteiger partial charge in [-0.15, -0.1) is 0 Å². The van der Waals surface area contributed by atoms with Gasteiger partial charge in [0.2, 0.25) is 0 Å². The zero-order valence-corrected chi connectivity index (χ0v) is 38.6. The van der Waals surface area contributed by atoms with Crippen LogP contribution >= 0.6 is 0 Å². The zero-order chi connectivity index (χ0) is 36.4. The standard InChI is InChI=1S/2C25H20SeTe/c2*1-17-7-13-21(14-8-17)27-23-16-12-19-10-9-18-11-15-22(25(23)24(18)19)26-20-5-3-2-4-6-20/h2*2-8,11-16H,9-10H2,1H3. The average Bonchev–Trinajstić information content (AvgIpc) is 3.83. The molecule has 2 aliphatic rings. The second kappa shape index (κ2) is 16.6. The Labute approximate surface area is 352 Å². The molecular formula is C50H40Se2Te2. The molecule has 0 aliphatic heterocycles. The molecule has 0 unspecified atom stereocenters. The average molecular weight is 1050 g/mol. The molecule has 54 heavy (non-hydrogen) atoms. The summed E-state index contributed by atoms with van der Waals surface area (Å²) in [6.45, 7) is 4.34. The maximum absolute atomic E-state index is 2.44. The van der Waals surface area contributed by atoms with Crippen molar-refractivity contribution in [3.8, 4) is 0 Å². The number of rotatable bonds is 8. The Bertz CT molecular complexity index is 2390. The Hall–Kier alpha value is -3.10. The normalized spacial score (nSPS) is 12.6. The van der Waals surface area contributed by atoms with Gasteiger partial charge in [-0.1, -0.05) is 0 Å². The molecular weight excluding hydrogens is 1010 g/mol. The molecule has 0 heterocycles. The van der Waals surface area contributed by atoms with Crippen molar-refractivity contribution >= 4 is 126 Å². The van der Waals surface area contributed by atoms with Crippen LogP contribution in [0.5, 0.6) is 0 Å². The molecule has 0 spiro atoms. The second-order valence-electron chi connectivity index (χ2n) is 14.1. The number of hydrogen-bond acceptors (Lipinski definition) is 0. The minimum atomic E-state index is -0.381. The summed E-state index contributed by atoms with van der Waals surface area (Å²) in [5, 5.41) is 6.35. The Balaban J connectivity index is 0.000000142. The van der Waals surface area contributed by atoms with E-state index in [1.807, 2.05) is 0 Å². The predicted molar refractivity (Wildman–Crippen MR) is 238 cm³/mol. The molecule has 0 saturated heterocycles. The molecule has 0 fully saturated rings. The van der Waals surface area contributed by atoms with E-state index in [-0.39, 0.29) is 41.8 Å². The van der Waals surface area contributed by atoms with Crippen LogP contribution < -0.4 is 32.3 Å². The first kappa shape index (κ1) is 36.5. The summed E-state index contributed by atoms with van der Waals surface area (Å²) in [6.07, 6.45) is 4.83. The fraction of sp³-hybridized carbons (Fsp3) is 0.120. The zero-order valence-electron chi connectivity index (χ0n) is 30.5. The molecule has 0 nitrogen and oxygen atoms in total. The molecule has 0 saturated carbocycles. The Morgan fingerprint density at radius 3 is 1.07 bits per heavy atom. The first-order valence-electron chi connectivity index (χ1n) is 18.7. The monoisotopic (exact) mass is 1060 g/mol. The molecule has 8 aromatic rings. The molecule has 0 atom stereocenters. The van der Waals surface area contributed by atoms with Crippen LogP contribution in [-0.2, 0) is 25.7 Å². The SMILES string of the molecule is Cc1ccc([Te]c2ccc3c4c(ccc([Se]c5ccccc5)c24)CC3)cc1.Cc1ccc([Te]c2ccc3c4c(ccc([Se]c5ccccc5)c24)CC3)cc1. The quantitative estimate of drug-likeness (QED) is 0.186. The van der Waals surface area contributed by atoms with E-state index in [1.165, 1.54) is 53.0 Å². The molecule has 264 valence electrons. The predicted octanol–water partition coefficient (Wildman–Crippen LogP) is 5.11. The van der Waals surface area contributed by atoms with E-state index in [1.54, 1.807) is 59.9 Å². The van der Waals surface area contributed by atoms with Gasteiger partial charge in [0.1, 0.15) is 0 Å². The van der Waals surface area contributed by atoms with Gasteiger partial charge in [0.15, 0.2) is 0 Å². The third kappa shape index (κ3) is 7.94. The van der Waals surface area contributed by atoms with Gasteiger partial charge in [-0.25, -0.2) is 0 Å². The summed E-state index contributed by atoms with van der Waals surface area (Å²) in [4.78, 5) is 0. The third-order valence-electron chi connectivity index (χ3n) is 10.3. The van der Waals surface area contributed by atoms with Gasteiger partial charge in [-0.3, -0.25) is 0 Å². The van der Waals surface area contributed by atoms with Crippen LogP contribution in [-0.4, -0.2) is 71.8 Å². The number of hydrogen-bond donors (Lipinski definition) is 0. The molecule has 0 N–H and O–H groups in total. The summed E-state index contributed by atoms with van der Waals surface area (Å²) >= 11 is -0.0486. The van der Waals surface area contributed by atoms with Crippen LogP contribution in [0.2, 0.25) is 0 Å². The molecule has 0 amide bonds. The summed E-state index contributed by atoms with van der Waals surface area (Å²) < 4.78 is 12.3. The van der Waals surface area contributed by atoms with Crippen LogP contribution in [0.15, 0.2) is 158 Å². The van der Waals surface area contributed by atoms with E-state index in [0.29, 0.717) is 29.9 Å². The van der Waals surface area contributed by atoms with E-state index in [4.69, 9.17) is 0 Å². The van der Waals surface area contributed by atoms with Crippen molar-refractivity contribution in [2.45, 2.75) is 39.5 Å². The van der Waals surface area contributed by atoms with E-state index >= 15 is 0 Å². The molecule has 0 aromatic heterocycles. The molecule has 4 heteroatoms. The van der Waals surface area contributed by atoms with Gasteiger partial charge in [-0.2, -0.15) is 0 Å². The summed E-state index contributed by atoms with van der Waals surface area (Å²) in [5.41, 5.74) is 8.94. The van der Waals surface area contributed by atoms with Gasteiger partial charge < -0.3 is 0 Å². The van der Waals surface area contributed by atoms with Crippen molar-refractivity contribution < 1.29 is 0 Å². The first-order chi connectivity index (χ1) is 26.6. The van der Waals surface area contributed by atoms with Crippen molar-refractivity contribution in [2.75, 3.05) is 0 Å². The number of benzene rings is 8. The van der Waals surface area contributed by atoms with E-state index in [0.717, 1.165) is 0 Å². The molecule has 2 aliphatic carbocycles. The summed E-state index contributed by atoms with van der Waals surface area (Å²) in [6, 6.07) is 59.7. The van der Waals surface area contributed by atoms with Gasteiger partial charge in [0.05, 0.1) is 0 Å². The van der Waals surface area contributed by atoms with Crippen LogP contribution in [0.3, 0.4) is 0 Å². The van der Waals surface area contributed by atoms with Crippen LogP contribution in [0.25, 0.3) is 21.5 Å². The van der Waals surface area contributed by atoms with Crippen molar-refractivity contribution in [3.63, 3.8) is 0 Å². The second-order valence-corrected chi connectivity index (χ2v) is 25.1. The molecule has 8 aromatic carbocycles. The molecule has 0 radical (unpaired) electrons. The first-order valence-corrected chi connectivity index (χ1v) is 26.7. The maximum atomic E-state index is 2.44. The van der Waals surface area contributed by atoms with Crippen molar-refractivity contribution in [2.24, 2.45) is 0 Å². The van der Waals surface area contributed by atoms with Gasteiger partial charge >= 0.3 is 356 Å². The van der Waals surface area contributed by atoms with Crippen LogP contribution in [0.1, 0.15) is 33.4 Å². The van der Waals surface area contributed by atoms with Crippen LogP contribution in [0.4, 0.5) is 0 Å². The minimum absolute atomic E-state index is 0.357. The van der Waals surface area contributed by atoms with Crippen molar-refractivity contribution in [3.05, 3.63) is 191 Å². The van der Waals surface area contributed by atoms with Crippen molar-refractivity contribution in [1.29, 1.82) is 0 Å². The van der Waals surface area contributed by atoms with E-state index in [2.05, 4.69) is 172 Å². The van der Waals surface area contributed by atoms with Gasteiger partial charge in [-0.05, 0) is 0 Å². The van der Waals surface area contributed by atoms with Crippen LogP contribution in [0, 0.1) is 13.8 Å². The Morgan fingerprint density at radius 1 is 0.352 bits per heavy atom. The fourth-order valence-electron chi connectivity index (χ4n) is 7.57. The molecule has 10 rings (SSSR count). The van der Waals surface area contributed by atoms with E-state index < -0.39 is 0 Å². The fourth-order valence-corrected chi connectivity index (χ4v) is 18.2. The topological polar surface area (TPSA) is 0 Å². The van der Waals surface area contributed by atoms with Gasteiger partial charge in [0.25, 0.3) is 0 Å². The molecule has 0 bridgehead atoms. The van der Waals surface area contributed by atoms with E-state index in [9.17, 15) is 0 Å². The summed E-state index contributed by atoms with van der Waals surface area (Å²) in [5.74, 6) is 0. The Kier molecular flexibility index (Phi) is 11.2. The third-order valence-corrected chi connectivity index (χ3v) is 20.9. The number of aryl methyl sites for hydroxylation is 6.